The monoisotopic (exact) mass is 350 g/mol. The van der Waals surface area contributed by atoms with Crippen LogP contribution < -0.4 is 20.5 Å². The summed E-state index contributed by atoms with van der Waals surface area (Å²) < 4.78 is 10.6. The first-order valence-electron chi connectivity index (χ1n) is 7.82. The molecular formula is C19H18N4O3. The minimum absolute atomic E-state index is 0.315. The maximum Gasteiger partial charge on any atom is 0.252 e. The lowest BCUT2D eigenvalue weighted by Gasteiger charge is -2.11. The second-order valence-electron chi connectivity index (χ2n) is 5.39. The van der Waals surface area contributed by atoms with Crippen molar-refractivity contribution in [1.82, 2.24) is 9.97 Å². The van der Waals surface area contributed by atoms with Crippen LogP contribution >= 0.6 is 0 Å². The molecule has 3 aromatic rings. The molecule has 0 saturated heterocycles. The van der Waals surface area contributed by atoms with E-state index in [4.69, 9.17) is 15.2 Å². The fourth-order valence-electron chi connectivity index (χ4n) is 2.55. The van der Waals surface area contributed by atoms with Gasteiger partial charge in [-0.2, -0.15) is 0 Å². The highest BCUT2D eigenvalue weighted by Crippen LogP contribution is 2.30. The van der Waals surface area contributed by atoms with Crippen molar-refractivity contribution < 1.29 is 14.3 Å². The van der Waals surface area contributed by atoms with Gasteiger partial charge in [-0.3, -0.25) is 4.79 Å². The van der Waals surface area contributed by atoms with Gasteiger partial charge in [0.1, 0.15) is 23.6 Å². The number of para-hydroxylation sites is 1. The number of rotatable bonds is 6. The summed E-state index contributed by atoms with van der Waals surface area (Å²) in [6.07, 6.45) is 1.47. The van der Waals surface area contributed by atoms with E-state index in [1.54, 1.807) is 25.3 Å². The first kappa shape index (κ1) is 17.2. The van der Waals surface area contributed by atoms with Crippen molar-refractivity contribution >= 4 is 17.4 Å². The zero-order valence-electron chi connectivity index (χ0n) is 14.4. The van der Waals surface area contributed by atoms with Crippen molar-refractivity contribution in [2.45, 2.75) is 0 Å². The van der Waals surface area contributed by atoms with Gasteiger partial charge in [0.15, 0.2) is 0 Å². The van der Waals surface area contributed by atoms with Crippen LogP contribution in [-0.4, -0.2) is 30.1 Å². The van der Waals surface area contributed by atoms with Crippen LogP contribution in [0.15, 0.2) is 54.9 Å². The Balaban J connectivity index is 1.91. The van der Waals surface area contributed by atoms with Crippen molar-refractivity contribution in [2.75, 3.05) is 19.5 Å². The van der Waals surface area contributed by atoms with Gasteiger partial charge in [0.2, 0.25) is 0 Å². The van der Waals surface area contributed by atoms with Crippen LogP contribution in [0.1, 0.15) is 10.4 Å². The minimum atomic E-state index is -0.547. The summed E-state index contributed by atoms with van der Waals surface area (Å²) in [7, 11) is 3.10. The van der Waals surface area contributed by atoms with Gasteiger partial charge < -0.3 is 20.5 Å². The maximum absolute atomic E-state index is 11.4. The number of nitrogens with zero attached hydrogens (tertiary/aromatic N) is 2. The lowest BCUT2D eigenvalue weighted by molar-refractivity contribution is 0.0997. The zero-order valence-corrected chi connectivity index (χ0v) is 14.4. The smallest absolute Gasteiger partial charge is 0.252 e. The lowest BCUT2D eigenvalue weighted by Crippen LogP contribution is -2.12. The molecule has 0 aliphatic rings. The molecule has 0 saturated carbocycles. The van der Waals surface area contributed by atoms with Gasteiger partial charge >= 0.3 is 0 Å². The molecule has 0 atom stereocenters. The second kappa shape index (κ2) is 7.52. The van der Waals surface area contributed by atoms with E-state index in [1.165, 1.54) is 13.4 Å². The molecule has 1 aromatic heterocycles. The molecule has 0 spiro atoms. The number of aromatic nitrogens is 2. The summed E-state index contributed by atoms with van der Waals surface area (Å²) in [5.74, 6) is 1.16. The molecule has 1 heterocycles. The molecular weight excluding hydrogens is 332 g/mol. The topological polar surface area (TPSA) is 99.4 Å². The Hall–Kier alpha value is -3.61. The summed E-state index contributed by atoms with van der Waals surface area (Å²) in [5.41, 5.74) is 7.94. The van der Waals surface area contributed by atoms with Crippen molar-refractivity contribution in [1.29, 1.82) is 0 Å². The van der Waals surface area contributed by atoms with E-state index in [0.29, 0.717) is 22.8 Å². The molecule has 2 aromatic carbocycles. The van der Waals surface area contributed by atoms with E-state index in [2.05, 4.69) is 15.3 Å². The SMILES string of the molecule is COc1cc(Nc2cc(-c3ccccc3OC)ncn2)ccc1C(N)=O. The quantitative estimate of drug-likeness (QED) is 0.709. The van der Waals surface area contributed by atoms with Crippen LogP contribution in [0.25, 0.3) is 11.3 Å². The predicted molar refractivity (Wildman–Crippen MR) is 98.8 cm³/mol. The van der Waals surface area contributed by atoms with Gasteiger partial charge in [0.05, 0.1) is 25.5 Å². The molecule has 26 heavy (non-hydrogen) atoms. The number of nitrogens with one attached hydrogen (secondary N) is 1. The average Bonchev–Trinajstić information content (AvgIpc) is 2.67. The number of nitrogens with two attached hydrogens (primary N) is 1. The van der Waals surface area contributed by atoms with Crippen molar-refractivity contribution in [3.8, 4) is 22.8 Å². The summed E-state index contributed by atoms with van der Waals surface area (Å²) in [6, 6.07) is 14.4. The van der Waals surface area contributed by atoms with Crippen molar-refractivity contribution in [3.05, 3.63) is 60.4 Å². The number of hydrogen-bond donors (Lipinski definition) is 2. The Morgan fingerprint density at radius 3 is 2.50 bits per heavy atom. The molecule has 1 amide bonds. The van der Waals surface area contributed by atoms with Gasteiger partial charge in [-0.1, -0.05) is 12.1 Å². The number of carbonyl (C=O) groups is 1. The first-order chi connectivity index (χ1) is 12.6. The van der Waals surface area contributed by atoms with Gasteiger partial charge in [0.25, 0.3) is 5.91 Å². The minimum Gasteiger partial charge on any atom is -0.496 e. The van der Waals surface area contributed by atoms with Crippen LogP contribution in [0.5, 0.6) is 11.5 Å². The van der Waals surface area contributed by atoms with E-state index in [-0.39, 0.29) is 0 Å². The highest BCUT2D eigenvalue weighted by molar-refractivity contribution is 5.96. The van der Waals surface area contributed by atoms with Crippen LogP contribution in [0, 0.1) is 0 Å². The lowest BCUT2D eigenvalue weighted by atomic mass is 10.1. The Labute approximate surface area is 150 Å². The van der Waals surface area contributed by atoms with Crippen LogP contribution in [0.3, 0.4) is 0 Å². The number of hydrogen-bond acceptors (Lipinski definition) is 6. The Morgan fingerprint density at radius 2 is 1.77 bits per heavy atom. The number of amides is 1. The molecule has 132 valence electrons. The fraction of sp³-hybridized carbons (Fsp3) is 0.105. The highest BCUT2D eigenvalue weighted by atomic mass is 16.5. The van der Waals surface area contributed by atoms with Crippen molar-refractivity contribution in [3.63, 3.8) is 0 Å². The van der Waals surface area contributed by atoms with Crippen LogP contribution in [-0.2, 0) is 0 Å². The van der Waals surface area contributed by atoms with E-state index in [9.17, 15) is 4.79 Å². The third kappa shape index (κ3) is 3.56. The van der Waals surface area contributed by atoms with Gasteiger partial charge in [0, 0.05) is 23.4 Å². The number of anilines is 2. The van der Waals surface area contributed by atoms with Crippen LogP contribution in [0.4, 0.5) is 11.5 Å². The summed E-state index contributed by atoms with van der Waals surface area (Å²) >= 11 is 0. The number of primary amides is 1. The Kier molecular flexibility index (Phi) is 4.98. The van der Waals surface area contributed by atoms with Gasteiger partial charge in [-0.25, -0.2) is 9.97 Å². The third-order valence-electron chi connectivity index (χ3n) is 3.79. The first-order valence-corrected chi connectivity index (χ1v) is 7.82. The molecule has 3 rings (SSSR count). The number of benzene rings is 2. The van der Waals surface area contributed by atoms with E-state index >= 15 is 0 Å². The Morgan fingerprint density at radius 1 is 1.00 bits per heavy atom. The second-order valence-corrected chi connectivity index (χ2v) is 5.39. The third-order valence-corrected chi connectivity index (χ3v) is 3.79. The number of ether oxygens (including phenoxy) is 2. The van der Waals surface area contributed by atoms with Crippen molar-refractivity contribution in [2.24, 2.45) is 5.73 Å². The average molecular weight is 350 g/mol. The molecule has 0 radical (unpaired) electrons. The largest absolute Gasteiger partial charge is 0.496 e. The summed E-state index contributed by atoms with van der Waals surface area (Å²) in [6.45, 7) is 0. The standard InChI is InChI=1S/C19H18N4O3/c1-25-16-6-4-3-5-13(16)15-10-18(22-11-21-15)23-12-7-8-14(19(20)24)17(9-12)26-2/h3-11H,1-2H3,(H2,20,24)(H,21,22,23). The van der Waals surface area contributed by atoms with Crippen LogP contribution in [0.2, 0.25) is 0 Å². The zero-order chi connectivity index (χ0) is 18.5. The molecule has 0 unspecified atom stereocenters. The summed E-state index contributed by atoms with van der Waals surface area (Å²) in [4.78, 5) is 19.9. The van der Waals surface area contributed by atoms with E-state index in [0.717, 1.165) is 17.0 Å². The molecule has 7 heteroatoms. The van der Waals surface area contributed by atoms with Gasteiger partial charge in [-0.05, 0) is 24.3 Å². The molecule has 3 N–H and O–H groups in total. The molecule has 7 nitrogen and oxygen atoms in total. The molecule has 0 aliphatic heterocycles. The molecule has 0 aliphatic carbocycles. The normalized spacial score (nSPS) is 10.2. The molecule has 0 bridgehead atoms. The van der Waals surface area contributed by atoms with E-state index in [1.807, 2.05) is 30.3 Å². The Bertz CT molecular complexity index is 944. The predicted octanol–water partition coefficient (Wildman–Crippen LogP) is 3.00. The summed E-state index contributed by atoms with van der Waals surface area (Å²) in [5, 5.41) is 3.17. The highest BCUT2D eigenvalue weighted by Gasteiger charge is 2.11. The van der Waals surface area contributed by atoms with Gasteiger partial charge in [-0.15, -0.1) is 0 Å². The fourth-order valence-corrected chi connectivity index (χ4v) is 2.55. The number of carbonyl (C=O) groups excluding carboxylic acids is 1. The maximum atomic E-state index is 11.4. The molecule has 0 fully saturated rings. The number of methoxy groups -OCH3 is 2. The van der Waals surface area contributed by atoms with E-state index < -0.39 is 5.91 Å².